The number of nitrogens with zero attached hydrogens (tertiary/aromatic N) is 4. The summed E-state index contributed by atoms with van der Waals surface area (Å²) in [7, 11) is 1.66. The van der Waals surface area contributed by atoms with Crippen molar-refractivity contribution in [3.05, 3.63) is 35.8 Å². The monoisotopic (exact) mass is 602 g/mol. The van der Waals surface area contributed by atoms with Crippen molar-refractivity contribution in [2.45, 2.75) is 66.3 Å². The maximum absolute atomic E-state index is 13.8. The summed E-state index contributed by atoms with van der Waals surface area (Å²) >= 11 is 0.898. The molecule has 3 aliphatic rings. The first-order chi connectivity index (χ1) is 19.5. The molecular weight excluding hydrogens is 569 g/mol. The maximum atomic E-state index is 13.8. The minimum atomic E-state index is -1.64. The average Bonchev–Trinajstić information content (AvgIpc) is 3.63. The molecule has 1 aliphatic carbocycles. The highest BCUT2D eigenvalue weighted by molar-refractivity contribution is 8.01. The third-order valence-electron chi connectivity index (χ3n) is 7.89. The van der Waals surface area contributed by atoms with Crippen LogP contribution < -0.4 is 0 Å². The number of aliphatic hydroxyl groups excluding tert-OH is 3. The fraction of sp³-hybridized carbons (Fsp3) is 0.654. The van der Waals surface area contributed by atoms with Gasteiger partial charge in [0.15, 0.2) is 17.5 Å². The van der Waals surface area contributed by atoms with Crippen LogP contribution in [0.4, 0.5) is 13.2 Å². The summed E-state index contributed by atoms with van der Waals surface area (Å²) in [5.74, 6) is -4.43. The Kier molecular flexibility index (Phi) is 8.95. The van der Waals surface area contributed by atoms with E-state index in [0.717, 1.165) is 41.4 Å². The van der Waals surface area contributed by atoms with Crippen LogP contribution in [0.25, 0.3) is 11.3 Å². The van der Waals surface area contributed by atoms with E-state index in [1.807, 2.05) is 0 Å². The molecule has 1 aromatic heterocycles. The van der Waals surface area contributed by atoms with Gasteiger partial charge >= 0.3 is 0 Å². The van der Waals surface area contributed by atoms with Gasteiger partial charge in [0.2, 0.25) is 5.91 Å². The second-order valence-corrected chi connectivity index (χ2v) is 12.1. The van der Waals surface area contributed by atoms with Crippen LogP contribution in [0.3, 0.4) is 0 Å². The summed E-state index contributed by atoms with van der Waals surface area (Å²) in [4.78, 5) is 15.2. The lowest BCUT2D eigenvalue weighted by molar-refractivity contribution is -0.179. The van der Waals surface area contributed by atoms with Crippen LogP contribution in [0.15, 0.2) is 18.3 Å². The number of carbonyl (C=O) groups excluding carboxylic acids is 1. The second-order valence-electron chi connectivity index (χ2n) is 10.9. The Morgan fingerprint density at radius 1 is 1.20 bits per heavy atom. The van der Waals surface area contributed by atoms with E-state index in [2.05, 4.69) is 10.3 Å². The summed E-state index contributed by atoms with van der Waals surface area (Å²) < 4.78 is 53.4. The van der Waals surface area contributed by atoms with E-state index >= 15 is 0 Å². The van der Waals surface area contributed by atoms with Crippen LogP contribution in [0, 0.1) is 23.4 Å². The van der Waals surface area contributed by atoms with Gasteiger partial charge in [-0.15, -0.1) is 16.9 Å². The van der Waals surface area contributed by atoms with Gasteiger partial charge in [0.05, 0.1) is 18.4 Å². The number of ether oxygens (including phenoxy) is 2. The van der Waals surface area contributed by atoms with E-state index in [0.29, 0.717) is 12.5 Å². The quantitative estimate of drug-likeness (QED) is 0.304. The van der Waals surface area contributed by atoms with Gasteiger partial charge in [0, 0.05) is 45.2 Å². The van der Waals surface area contributed by atoms with Crippen LogP contribution >= 0.6 is 11.8 Å². The molecule has 4 N–H and O–H groups in total. The molecule has 0 radical (unpaired) electrons. The zero-order valence-corrected chi connectivity index (χ0v) is 23.1. The molecule has 2 aliphatic heterocycles. The largest absolute Gasteiger partial charge is 0.394 e. The molecule has 1 aromatic carbocycles. The van der Waals surface area contributed by atoms with Crippen molar-refractivity contribution >= 4 is 17.7 Å². The Bertz CT molecular complexity index is 1220. The molecule has 226 valence electrons. The smallest absolute Gasteiger partial charge is 0.238 e. The Morgan fingerprint density at radius 2 is 1.85 bits per heavy atom. The van der Waals surface area contributed by atoms with E-state index in [9.17, 15) is 38.4 Å². The first-order valence-electron chi connectivity index (χ1n) is 13.4. The van der Waals surface area contributed by atoms with Gasteiger partial charge in [0.25, 0.3) is 0 Å². The molecule has 5 rings (SSSR count). The topological polar surface area (TPSA) is 150 Å². The fourth-order valence-electron chi connectivity index (χ4n) is 5.26. The van der Waals surface area contributed by atoms with Crippen LogP contribution in [-0.4, -0.2) is 114 Å². The van der Waals surface area contributed by atoms with Gasteiger partial charge in [-0.1, -0.05) is 5.21 Å². The molecule has 1 saturated carbocycles. The number of rotatable bonds is 9. The molecule has 15 heteroatoms. The number of amides is 1. The average molecular weight is 603 g/mol. The number of hydrogen-bond donors (Lipinski definition) is 4. The Morgan fingerprint density at radius 3 is 2.46 bits per heavy atom. The van der Waals surface area contributed by atoms with Crippen LogP contribution in [0.1, 0.15) is 31.7 Å². The Balaban J connectivity index is 1.42. The highest BCUT2D eigenvalue weighted by atomic mass is 32.2. The molecule has 6 atom stereocenters. The number of carbonyl (C=O) groups is 1. The fourth-order valence-corrected chi connectivity index (χ4v) is 6.85. The standard InChI is InChI=1S/C26H33F3N4O7S/c1-32(10-13-2-3-13)24(37)23(26(38)4-6-39-7-5-26)41-25-22(36)20(21(35)18(12-34)40-25)33-11-17(30-31-33)14-8-15(27)19(29)16(28)9-14/h8-9,11,13,18,20-23,25,34-36,38H,2-7,10,12H2,1H3/t18-,20+,21+,22-,23+,25+/m1/s1. The number of hydrogen-bond acceptors (Lipinski definition) is 10. The van der Waals surface area contributed by atoms with Crippen molar-refractivity contribution in [1.29, 1.82) is 0 Å². The Hall–Kier alpha value is -2.27. The number of benzene rings is 1. The van der Waals surface area contributed by atoms with E-state index in [4.69, 9.17) is 9.47 Å². The third-order valence-corrected chi connectivity index (χ3v) is 9.46. The van der Waals surface area contributed by atoms with Gasteiger partial charge in [-0.05, 0) is 30.9 Å². The molecule has 3 heterocycles. The zero-order valence-electron chi connectivity index (χ0n) is 22.3. The minimum absolute atomic E-state index is 0.0651. The minimum Gasteiger partial charge on any atom is -0.394 e. The summed E-state index contributed by atoms with van der Waals surface area (Å²) in [6.07, 6.45) is -0.615. The summed E-state index contributed by atoms with van der Waals surface area (Å²) in [6.45, 7) is 0.376. The number of thioether (sulfide) groups is 1. The summed E-state index contributed by atoms with van der Waals surface area (Å²) in [6, 6.07) is 0.211. The third kappa shape index (κ3) is 6.26. The van der Waals surface area contributed by atoms with Crippen molar-refractivity contribution in [3.8, 4) is 11.3 Å². The first kappa shape index (κ1) is 30.2. The lowest BCUT2D eigenvalue weighted by Crippen LogP contribution is -2.58. The molecular formula is C26H33F3N4O7S. The van der Waals surface area contributed by atoms with Crippen molar-refractivity contribution in [1.82, 2.24) is 19.9 Å². The molecule has 2 aromatic rings. The van der Waals surface area contributed by atoms with Gasteiger partial charge in [0.1, 0.15) is 40.7 Å². The van der Waals surface area contributed by atoms with Gasteiger partial charge in [-0.25, -0.2) is 17.9 Å². The summed E-state index contributed by atoms with van der Waals surface area (Å²) in [5, 5.41) is 50.6. The Labute approximate surface area is 238 Å². The zero-order chi connectivity index (χ0) is 29.5. The molecule has 2 saturated heterocycles. The van der Waals surface area contributed by atoms with Crippen LogP contribution in [0.5, 0.6) is 0 Å². The predicted molar refractivity (Wildman–Crippen MR) is 139 cm³/mol. The van der Waals surface area contributed by atoms with E-state index in [1.165, 1.54) is 6.20 Å². The molecule has 3 fully saturated rings. The van der Waals surface area contributed by atoms with Gasteiger partial charge in [-0.2, -0.15) is 0 Å². The molecule has 11 nitrogen and oxygen atoms in total. The maximum Gasteiger partial charge on any atom is 0.238 e. The predicted octanol–water partition coefficient (Wildman–Crippen LogP) is 0.854. The SMILES string of the molecule is CN(CC1CC1)C(=O)[C@H](S[C@@H]1O[C@H](CO)[C@H](O)[C@H](n2cc(-c3cc(F)c(F)c(F)c3)nn2)[C@H]1O)C1(O)CCOCC1. The molecule has 0 bridgehead atoms. The van der Waals surface area contributed by atoms with Crippen molar-refractivity contribution in [2.24, 2.45) is 5.92 Å². The number of aliphatic hydroxyl groups is 4. The lowest BCUT2D eigenvalue weighted by atomic mass is 9.89. The van der Waals surface area contributed by atoms with Crippen molar-refractivity contribution in [2.75, 3.05) is 33.4 Å². The highest BCUT2D eigenvalue weighted by Crippen LogP contribution is 2.42. The van der Waals surface area contributed by atoms with Crippen LogP contribution in [-0.2, 0) is 14.3 Å². The summed E-state index contributed by atoms with van der Waals surface area (Å²) in [5.41, 5.74) is -2.86. The molecule has 0 spiro atoms. The lowest BCUT2D eigenvalue weighted by Gasteiger charge is -2.45. The van der Waals surface area contributed by atoms with E-state index in [-0.39, 0.29) is 43.2 Å². The highest BCUT2D eigenvalue weighted by Gasteiger charge is 2.52. The second kappa shape index (κ2) is 12.1. The number of halogens is 3. The van der Waals surface area contributed by atoms with E-state index < -0.39 is 64.7 Å². The molecule has 41 heavy (non-hydrogen) atoms. The van der Waals surface area contributed by atoms with Crippen molar-refractivity contribution < 1.29 is 47.9 Å². The number of aromatic nitrogens is 3. The van der Waals surface area contributed by atoms with Crippen molar-refractivity contribution in [3.63, 3.8) is 0 Å². The molecule has 0 unspecified atom stereocenters. The van der Waals surface area contributed by atoms with Gasteiger partial charge < -0.3 is 34.8 Å². The molecule has 1 amide bonds. The van der Waals surface area contributed by atoms with Crippen LogP contribution in [0.2, 0.25) is 0 Å². The first-order valence-corrected chi connectivity index (χ1v) is 14.4. The van der Waals surface area contributed by atoms with Gasteiger partial charge in [-0.3, -0.25) is 4.79 Å². The van der Waals surface area contributed by atoms with E-state index in [1.54, 1.807) is 11.9 Å². The normalized spacial score (nSPS) is 28.8.